The molecule has 0 amide bonds. The van der Waals surface area contributed by atoms with Crippen molar-refractivity contribution in [1.82, 2.24) is 4.90 Å². The smallest absolute Gasteiger partial charge is 0.170 e. The molecule has 0 spiro atoms. The third-order valence-corrected chi connectivity index (χ3v) is 3.70. The van der Waals surface area contributed by atoms with E-state index in [1.165, 1.54) is 25.7 Å². The number of ether oxygens (including phenoxy) is 2. The van der Waals surface area contributed by atoms with E-state index in [-0.39, 0.29) is 12.4 Å². The normalized spacial score (nSPS) is 23.5. The van der Waals surface area contributed by atoms with Gasteiger partial charge in [-0.2, -0.15) is 0 Å². The molecule has 1 saturated heterocycles. The number of rotatable bonds is 8. The molecule has 1 rings (SSSR count). The van der Waals surface area contributed by atoms with E-state index >= 15 is 0 Å². The molecule has 1 heterocycles. The van der Waals surface area contributed by atoms with Gasteiger partial charge in [0.2, 0.25) is 0 Å². The van der Waals surface area contributed by atoms with Gasteiger partial charge in [-0.15, -0.1) is 0 Å². The summed E-state index contributed by atoms with van der Waals surface area (Å²) in [7, 11) is 0. The van der Waals surface area contributed by atoms with Gasteiger partial charge in [0, 0.05) is 25.8 Å². The van der Waals surface area contributed by atoms with Crippen molar-refractivity contribution in [2.24, 2.45) is 0 Å². The lowest BCUT2D eigenvalue weighted by molar-refractivity contribution is -0.151. The van der Waals surface area contributed by atoms with Crippen LogP contribution in [0.2, 0.25) is 0 Å². The number of aliphatic hydroxyl groups is 1. The Bertz CT molecular complexity index is 217. The quantitative estimate of drug-likeness (QED) is 0.690. The zero-order chi connectivity index (χ0) is 14.1. The highest BCUT2D eigenvalue weighted by molar-refractivity contribution is 4.78. The predicted molar refractivity (Wildman–Crippen MR) is 77.2 cm³/mol. The van der Waals surface area contributed by atoms with Gasteiger partial charge >= 0.3 is 0 Å². The first-order chi connectivity index (χ1) is 9.17. The molecule has 2 unspecified atom stereocenters. The van der Waals surface area contributed by atoms with Gasteiger partial charge in [0.15, 0.2) is 6.29 Å². The van der Waals surface area contributed by atoms with Gasteiger partial charge in [-0.1, -0.05) is 12.8 Å². The van der Waals surface area contributed by atoms with Crippen molar-refractivity contribution >= 4 is 0 Å². The molecule has 114 valence electrons. The summed E-state index contributed by atoms with van der Waals surface area (Å²) in [5, 5.41) is 9.67. The van der Waals surface area contributed by atoms with Crippen molar-refractivity contribution in [3.63, 3.8) is 0 Å². The van der Waals surface area contributed by atoms with Crippen LogP contribution in [-0.2, 0) is 9.47 Å². The van der Waals surface area contributed by atoms with Crippen molar-refractivity contribution in [3.8, 4) is 0 Å². The summed E-state index contributed by atoms with van der Waals surface area (Å²) in [5.74, 6) is 0. The molecule has 1 aliphatic heterocycles. The van der Waals surface area contributed by atoms with Crippen LogP contribution in [0.5, 0.6) is 0 Å². The maximum absolute atomic E-state index is 9.67. The van der Waals surface area contributed by atoms with E-state index < -0.39 is 0 Å². The van der Waals surface area contributed by atoms with Crippen LogP contribution in [0.25, 0.3) is 0 Å². The second-order valence-corrected chi connectivity index (χ2v) is 5.42. The minimum Gasteiger partial charge on any atom is -0.393 e. The monoisotopic (exact) mass is 273 g/mol. The summed E-state index contributed by atoms with van der Waals surface area (Å²) in [4.78, 5) is 2.45. The highest BCUT2D eigenvalue weighted by atomic mass is 16.7. The van der Waals surface area contributed by atoms with E-state index in [9.17, 15) is 5.11 Å². The fourth-order valence-corrected chi connectivity index (χ4v) is 2.85. The zero-order valence-corrected chi connectivity index (χ0v) is 12.8. The van der Waals surface area contributed by atoms with E-state index in [0.717, 1.165) is 19.5 Å². The fourth-order valence-electron chi connectivity index (χ4n) is 2.85. The lowest BCUT2D eigenvalue weighted by atomic mass is 10.0. The van der Waals surface area contributed by atoms with Crippen molar-refractivity contribution in [2.75, 3.05) is 26.3 Å². The van der Waals surface area contributed by atoms with Crippen LogP contribution in [-0.4, -0.2) is 54.7 Å². The molecule has 4 heteroatoms. The first kappa shape index (κ1) is 16.9. The summed E-state index contributed by atoms with van der Waals surface area (Å²) in [6.45, 7) is 9.15. The Balaban J connectivity index is 2.56. The summed E-state index contributed by atoms with van der Waals surface area (Å²) >= 11 is 0. The van der Waals surface area contributed by atoms with Crippen LogP contribution in [0.15, 0.2) is 0 Å². The Hall–Kier alpha value is -0.160. The molecule has 0 aromatic rings. The number of aliphatic hydroxyl groups excluding tert-OH is 1. The molecule has 0 saturated carbocycles. The van der Waals surface area contributed by atoms with Gasteiger partial charge in [0.05, 0.1) is 6.10 Å². The summed E-state index contributed by atoms with van der Waals surface area (Å²) in [6, 6.07) is 0.464. The van der Waals surface area contributed by atoms with Crippen LogP contribution in [0.3, 0.4) is 0 Å². The molecule has 0 bridgehead atoms. The predicted octanol–water partition coefficient (Wildman–Crippen LogP) is 2.40. The molecule has 1 fully saturated rings. The Kier molecular flexibility index (Phi) is 8.62. The van der Waals surface area contributed by atoms with Gasteiger partial charge in [-0.25, -0.2) is 0 Å². The van der Waals surface area contributed by atoms with Crippen molar-refractivity contribution in [2.45, 2.75) is 71.3 Å². The van der Waals surface area contributed by atoms with Crippen molar-refractivity contribution in [3.05, 3.63) is 0 Å². The fraction of sp³-hybridized carbons (Fsp3) is 1.00. The number of nitrogens with zero attached hydrogens (tertiary/aromatic N) is 1. The minimum absolute atomic E-state index is 0.135. The Labute approximate surface area is 118 Å². The van der Waals surface area contributed by atoms with Gasteiger partial charge in [-0.3, -0.25) is 4.90 Å². The van der Waals surface area contributed by atoms with E-state index in [2.05, 4.69) is 4.90 Å². The third kappa shape index (κ3) is 6.70. The van der Waals surface area contributed by atoms with Crippen LogP contribution < -0.4 is 0 Å². The number of likely N-dealkylation sites (tertiary alicyclic amines) is 1. The average molecular weight is 273 g/mol. The van der Waals surface area contributed by atoms with Crippen LogP contribution in [0.4, 0.5) is 0 Å². The molecular formula is C15H31NO3. The molecule has 2 atom stereocenters. The van der Waals surface area contributed by atoms with E-state index in [1.807, 2.05) is 20.8 Å². The second kappa shape index (κ2) is 9.70. The molecule has 1 N–H and O–H groups in total. The summed E-state index contributed by atoms with van der Waals surface area (Å²) < 4.78 is 11.3. The minimum atomic E-state index is -0.233. The Morgan fingerprint density at radius 1 is 1.16 bits per heavy atom. The average Bonchev–Trinajstić information content (AvgIpc) is 2.55. The van der Waals surface area contributed by atoms with Gasteiger partial charge < -0.3 is 14.6 Å². The zero-order valence-electron chi connectivity index (χ0n) is 12.8. The topological polar surface area (TPSA) is 41.9 Å². The molecular weight excluding hydrogens is 242 g/mol. The maximum Gasteiger partial charge on any atom is 0.170 e. The first-order valence-electron chi connectivity index (χ1n) is 7.82. The highest BCUT2D eigenvalue weighted by Gasteiger charge is 2.25. The van der Waals surface area contributed by atoms with E-state index in [1.54, 1.807) is 0 Å². The maximum atomic E-state index is 9.67. The molecule has 0 aromatic carbocycles. The van der Waals surface area contributed by atoms with Gasteiger partial charge in [-0.05, 0) is 46.6 Å². The first-order valence-corrected chi connectivity index (χ1v) is 7.82. The Morgan fingerprint density at radius 2 is 1.84 bits per heavy atom. The van der Waals surface area contributed by atoms with Crippen LogP contribution >= 0.6 is 0 Å². The molecule has 19 heavy (non-hydrogen) atoms. The number of hydrogen-bond donors (Lipinski definition) is 1. The van der Waals surface area contributed by atoms with Crippen LogP contribution in [0, 0.1) is 0 Å². The molecule has 0 radical (unpaired) electrons. The molecule has 1 aliphatic rings. The molecule has 0 aromatic heterocycles. The van der Waals surface area contributed by atoms with Gasteiger partial charge in [0.1, 0.15) is 0 Å². The third-order valence-electron chi connectivity index (χ3n) is 3.70. The summed E-state index contributed by atoms with van der Waals surface area (Å²) in [6.07, 6.45) is 5.46. The largest absolute Gasteiger partial charge is 0.393 e. The standard InChI is InChI=1S/C15H31NO3/c1-4-18-15(19-5-2)12-16-10-8-6-7-9-14(16)11-13(3)17/h13-15,17H,4-12H2,1-3H3. The second-order valence-electron chi connectivity index (χ2n) is 5.42. The highest BCUT2D eigenvalue weighted by Crippen LogP contribution is 2.21. The van der Waals surface area contributed by atoms with Crippen molar-refractivity contribution in [1.29, 1.82) is 0 Å². The number of hydrogen-bond acceptors (Lipinski definition) is 4. The Morgan fingerprint density at radius 3 is 2.42 bits per heavy atom. The van der Waals surface area contributed by atoms with Crippen LogP contribution in [0.1, 0.15) is 52.9 Å². The van der Waals surface area contributed by atoms with Gasteiger partial charge in [0.25, 0.3) is 0 Å². The van der Waals surface area contributed by atoms with E-state index in [4.69, 9.17) is 9.47 Å². The molecule has 4 nitrogen and oxygen atoms in total. The SMILES string of the molecule is CCOC(CN1CCCCCC1CC(C)O)OCC. The lowest BCUT2D eigenvalue weighted by Gasteiger charge is -2.33. The van der Waals surface area contributed by atoms with E-state index in [0.29, 0.717) is 19.3 Å². The lowest BCUT2D eigenvalue weighted by Crippen LogP contribution is -2.43. The molecule has 0 aliphatic carbocycles. The summed E-state index contributed by atoms with van der Waals surface area (Å²) in [5.41, 5.74) is 0. The van der Waals surface area contributed by atoms with Crippen molar-refractivity contribution < 1.29 is 14.6 Å².